The van der Waals surface area contributed by atoms with E-state index in [1.807, 2.05) is 0 Å². The maximum absolute atomic E-state index is 12.5. The zero-order valence-corrected chi connectivity index (χ0v) is 32.8. The quantitative estimate of drug-likeness (QED) is 0.0508. The Morgan fingerprint density at radius 3 is 1.56 bits per heavy atom. The van der Waals surface area contributed by atoms with E-state index in [1.165, 1.54) is 64.0 Å². The number of sulfonamides is 1. The van der Waals surface area contributed by atoms with E-state index in [-0.39, 0.29) is 18.0 Å². The van der Waals surface area contributed by atoms with Crippen molar-refractivity contribution < 1.29 is 27.5 Å². The molecule has 1 atom stereocenters. The van der Waals surface area contributed by atoms with Crippen LogP contribution in [0.2, 0.25) is 0 Å². The maximum atomic E-state index is 12.5. The molecule has 0 saturated carbocycles. The molecule has 0 aliphatic carbocycles. The first-order valence-corrected chi connectivity index (χ1v) is 22.1. The van der Waals surface area contributed by atoms with Gasteiger partial charge >= 0.3 is 11.9 Å². The number of hydrogen-bond donors (Lipinski definition) is 1. The van der Waals surface area contributed by atoms with Gasteiger partial charge in [0.1, 0.15) is 6.10 Å². The lowest BCUT2D eigenvalue weighted by Gasteiger charge is -2.22. The standard InChI is InChI=1S/C39H78N2O6S/c1-5-8-11-13-20-27-36-46-38(42)30-23-16-14-18-25-33-41(35-32-40-48(4,44)45)34-26-19-15-17-24-31-39(43)47-37(28-21-10-7-3)29-22-12-9-6-2/h37,40H,5-36H2,1-4H3. The van der Waals surface area contributed by atoms with Crippen molar-refractivity contribution in [2.45, 2.75) is 200 Å². The second-order valence-electron chi connectivity index (χ2n) is 14.0. The molecule has 0 aromatic heterocycles. The van der Waals surface area contributed by atoms with Crippen molar-refractivity contribution in [2.75, 3.05) is 39.0 Å². The van der Waals surface area contributed by atoms with Crippen LogP contribution in [0.5, 0.6) is 0 Å². The zero-order chi connectivity index (χ0) is 35.6. The Bertz CT molecular complexity index is 838. The second kappa shape index (κ2) is 34.3. The molecule has 0 aromatic rings. The van der Waals surface area contributed by atoms with Crippen LogP contribution in [0.1, 0.15) is 194 Å². The highest BCUT2D eigenvalue weighted by Gasteiger charge is 2.14. The Labute approximate surface area is 297 Å². The smallest absolute Gasteiger partial charge is 0.306 e. The van der Waals surface area contributed by atoms with Crippen molar-refractivity contribution in [1.82, 2.24) is 9.62 Å². The minimum absolute atomic E-state index is 0.0278. The highest BCUT2D eigenvalue weighted by atomic mass is 32.2. The number of ether oxygens (including phenoxy) is 2. The molecule has 1 unspecified atom stereocenters. The number of unbranched alkanes of at least 4 members (excludes halogenated alkanes) is 18. The summed E-state index contributed by atoms with van der Waals surface area (Å²) in [5.74, 6) is -0.0902. The molecule has 0 spiro atoms. The summed E-state index contributed by atoms with van der Waals surface area (Å²) in [5, 5.41) is 0. The van der Waals surface area contributed by atoms with Crippen molar-refractivity contribution >= 4 is 22.0 Å². The fraction of sp³-hybridized carbons (Fsp3) is 0.949. The first-order chi connectivity index (χ1) is 23.2. The van der Waals surface area contributed by atoms with Gasteiger partial charge in [0.2, 0.25) is 10.0 Å². The number of esters is 2. The average Bonchev–Trinajstić information content (AvgIpc) is 3.04. The molecule has 0 radical (unpaired) electrons. The molecule has 0 fully saturated rings. The van der Waals surface area contributed by atoms with Gasteiger partial charge in [0.05, 0.1) is 12.9 Å². The van der Waals surface area contributed by atoms with Crippen molar-refractivity contribution in [3.05, 3.63) is 0 Å². The van der Waals surface area contributed by atoms with Gasteiger partial charge in [-0.3, -0.25) is 9.59 Å². The lowest BCUT2D eigenvalue weighted by Crippen LogP contribution is -2.35. The topological polar surface area (TPSA) is 102 Å². The van der Waals surface area contributed by atoms with Gasteiger partial charge in [-0.05, 0) is 70.9 Å². The Kier molecular flexibility index (Phi) is 33.4. The van der Waals surface area contributed by atoms with E-state index in [1.54, 1.807) is 0 Å². The molecule has 286 valence electrons. The molecule has 0 saturated heterocycles. The van der Waals surface area contributed by atoms with Crippen LogP contribution < -0.4 is 4.72 Å². The number of rotatable bonds is 37. The average molecular weight is 703 g/mol. The van der Waals surface area contributed by atoms with Crippen LogP contribution in [-0.2, 0) is 29.1 Å². The minimum Gasteiger partial charge on any atom is -0.466 e. The monoisotopic (exact) mass is 703 g/mol. The lowest BCUT2D eigenvalue weighted by molar-refractivity contribution is -0.150. The van der Waals surface area contributed by atoms with E-state index in [9.17, 15) is 18.0 Å². The van der Waals surface area contributed by atoms with Gasteiger partial charge in [-0.15, -0.1) is 0 Å². The molecule has 9 heteroatoms. The summed E-state index contributed by atoms with van der Waals surface area (Å²) in [4.78, 5) is 26.9. The van der Waals surface area contributed by atoms with E-state index in [4.69, 9.17) is 9.47 Å². The van der Waals surface area contributed by atoms with Crippen LogP contribution in [0.25, 0.3) is 0 Å². The molecule has 8 nitrogen and oxygen atoms in total. The summed E-state index contributed by atoms with van der Waals surface area (Å²) in [6, 6.07) is 0. The number of nitrogens with one attached hydrogen (secondary N) is 1. The number of hydrogen-bond acceptors (Lipinski definition) is 7. The number of nitrogens with zero attached hydrogens (tertiary/aromatic N) is 1. The summed E-state index contributed by atoms with van der Waals surface area (Å²) < 4.78 is 37.0. The fourth-order valence-corrected chi connectivity index (χ4v) is 6.53. The fourth-order valence-electron chi connectivity index (χ4n) is 6.06. The molecule has 48 heavy (non-hydrogen) atoms. The molecule has 0 aliphatic heterocycles. The lowest BCUT2D eigenvalue weighted by atomic mass is 10.0. The number of carbonyl (C=O) groups excluding carboxylic acids is 2. The van der Waals surface area contributed by atoms with Gasteiger partial charge in [-0.1, -0.05) is 124 Å². The summed E-state index contributed by atoms with van der Waals surface area (Å²) in [6.07, 6.45) is 30.3. The summed E-state index contributed by atoms with van der Waals surface area (Å²) >= 11 is 0. The molecular weight excluding hydrogens is 625 g/mol. The maximum Gasteiger partial charge on any atom is 0.306 e. The largest absolute Gasteiger partial charge is 0.466 e. The third kappa shape index (κ3) is 34.7. The van der Waals surface area contributed by atoms with Gasteiger partial charge in [0.25, 0.3) is 0 Å². The van der Waals surface area contributed by atoms with Gasteiger partial charge in [0, 0.05) is 25.9 Å². The van der Waals surface area contributed by atoms with Crippen LogP contribution in [0.15, 0.2) is 0 Å². The van der Waals surface area contributed by atoms with E-state index < -0.39 is 10.0 Å². The number of carbonyl (C=O) groups is 2. The predicted octanol–water partition coefficient (Wildman–Crippen LogP) is 9.89. The van der Waals surface area contributed by atoms with Crippen LogP contribution in [0, 0.1) is 0 Å². The highest BCUT2D eigenvalue weighted by molar-refractivity contribution is 7.88. The third-order valence-electron chi connectivity index (χ3n) is 9.07. The van der Waals surface area contributed by atoms with Crippen LogP contribution in [-0.4, -0.2) is 70.4 Å². The Morgan fingerprint density at radius 1 is 0.562 bits per heavy atom. The summed E-state index contributed by atoms with van der Waals surface area (Å²) in [6.45, 7) is 10.3. The molecular formula is C39H78N2O6S. The van der Waals surface area contributed by atoms with Gasteiger partial charge in [-0.25, -0.2) is 13.1 Å². The van der Waals surface area contributed by atoms with E-state index in [2.05, 4.69) is 30.4 Å². The van der Waals surface area contributed by atoms with Crippen molar-refractivity contribution in [2.24, 2.45) is 0 Å². The van der Waals surface area contributed by atoms with Crippen molar-refractivity contribution in [3.63, 3.8) is 0 Å². The van der Waals surface area contributed by atoms with Crippen molar-refractivity contribution in [3.8, 4) is 0 Å². The molecule has 0 aromatic carbocycles. The summed E-state index contributed by atoms with van der Waals surface area (Å²) in [5.41, 5.74) is 0. The molecule has 0 bridgehead atoms. The normalized spacial score (nSPS) is 12.4. The Balaban J connectivity index is 4.16. The minimum atomic E-state index is -3.19. The first-order valence-electron chi connectivity index (χ1n) is 20.2. The van der Waals surface area contributed by atoms with Crippen molar-refractivity contribution in [1.29, 1.82) is 0 Å². The van der Waals surface area contributed by atoms with Crippen LogP contribution in [0.4, 0.5) is 0 Å². The van der Waals surface area contributed by atoms with E-state index >= 15 is 0 Å². The Morgan fingerprint density at radius 2 is 1.00 bits per heavy atom. The SMILES string of the molecule is CCCCCCCCOC(=O)CCCCCCCN(CCCCCCCC(=O)OC(CCCCC)CCCCCC)CCNS(C)(=O)=O. The van der Waals surface area contributed by atoms with Gasteiger partial charge in [-0.2, -0.15) is 0 Å². The summed E-state index contributed by atoms with van der Waals surface area (Å²) in [7, 11) is -3.19. The van der Waals surface area contributed by atoms with Crippen LogP contribution in [0.3, 0.4) is 0 Å². The molecule has 1 N–H and O–H groups in total. The zero-order valence-electron chi connectivity index (χ0n) is 32.0. The van der Waals surface area contributed by atoms with Gasteiger partial charge in [0.15, 0.2) is 0 Å². The second-order valence-corrected chi connectivity index (χ2v) is 15.8. The molecule has 0 rings (SSSR count). The van der Waals surface area contributed by atoms with Gasteiger partial charge < -0.3 is 14.4 Å². The first kappa shape index (κ1) is 46.8. The molecule has 0 aliphatic rings. The Hall–Kier alpha value is -1.19. The third-order valence-corrected chi connectivity index (χ3v) is 9.80. The van der Waals surface area contributed by atoms with E-state index in [0.29, 0.717) is 32.5 Å². The predicted molar refractivity (Wildman–Crippen MR) is 202 cm³/mol. The van der Waals surface area contributed by atoms with E-state index in [0.717, 1.165) is 116 Å². The molecule has 0 amide bonds. The van der Waals surface area contributed by atoms with Crippen LogP contribution >= 0.6 is 0 Å². The highest BCUT2D eigenvalue weighted by Crippen LogP contribution is 2.17. The molecule has 0 heterocycles.